The molecule has 0 bridgehead atoms. The van der Waals surface area contributed by atoms with E-state index in [2.05, 4.69) is 12.2 Å². The number of thioether (sulfide) groups is 1. The van der Waals surface area contributed by atoms with Gasteiger partial charge in [-0.15, -0.1) is 0 Å². The molecule has 0 saturated heterocycles. The zero-order chi connectivity index (χ0) is 12.8. The lowest BCUT2D eigenvalue weighted by Gasteiger charge is -2.12. The van der Waals surface area contributed by atoms with Crippen LogP contribution >= 0.6 is 11.8 Å². The van der Waals surface area contributed by atoms with Gasteiger partial charge in [0.15, 0.2) is 5.75 Å². The zero-order valence-corrected chi connectivity index (χ0v) is 10.9. The van der Waals surface area contributed by atoms with Crippen LogP contribution in [0.15, 0.2) is 18.2 Å². The second-order valence-electron chi connectivity index (χ2n) is 3.54. The second kappa shape index (κ2) is 6.34. The predicted molar refractivity (Wildman–Crippen MR) is 71.1 cm³/mol. The van der Waals surface area contributed by atoms with Crippen molar-refractivity contribution in [2.45, 2.75) is 12.2 Å². The van der Waals surface area contributed by atoms with Gasteiger partial charge in [-0.1, -0.05) is 13.0 Å². The maximum atomic E-state index is 11.0. The summed E-state index contributed by atoms with van der Waals surface area (Å²) < 4.78 is 4.99. The number of hydrogen-bond acceptors (Lipinski definition) is 5. The number of anilines is 1. The Morgan fingerprint density at radius 3 is 2.82 bits per heavy atom. The smallest absolute Gasteiger partial charge is 0.333 e. The monoisotopic (exact) mass is 256 g/mol. The third kappa shape index (κ3) is 3.52. The summed E-state index contributed by atoms with van der Waals surface area (Å²) in [5.41, 5.74) is 0.485. The van der Waals surface area contributed by atoms with Crippen molar-refractivity contribution in [3.8, 4) is 5.75 Å². The third-order valence-corrected chi connectivity index (χ3v) is 3.36. The van der Waals surface area contributed by atoms with Crippen LogP contribution < -0.4 is 10.1 Å². The number of benzene rings is 1. The van der Waals surface area contributed by atoms with Gasteiger partial charge < -0.3 is 10.1 Å². The fourth-order valence-electron chi connectivity index (χ4n) is 1.36. The zero-order valence-electron chi connectivity index (χ0n) is 10.1. The lowest BCUT2D eigenvalue weighted by atomic mass is 10.2. The highest BCUT2D eigenvalue weighted by Crippen LogP contribution is 2.34. The third-order valence-electron chi connectivity index (χ3n) is 2.38. The lowest BCUT2D eigenvalue weighted by molar-refractivity contribution is -0.384. The van der Waals surface area contributed by atoms with Crippen LogP contribution in [0.5, 0.6) is 5.75 Å². The fraction of sp³-hybridized carbons (Fsp3) is 0.455. The first kappa shape index (κ1) is 13.6. The summed E-state index contributed by atoms with van der Waals surface area (Å²) in [4.78, 5) is 10.6. The van der Waals surface area contributed by atoms with Crippen LogP contribution in [0, 0.1) is 10.1 Å². The van der Waals surface area contributed by atoms with Crippen LogP contribution in [0.4, 0.5) is 11.4 Å². The van der Waals surface area contributed by atoms with E-state index in [-0.39, 0.29) is 11.4 Å². The van der Waals surface area contributed by atoms with Crippen LogP contribution in [-0.2, 0) is 0 Å². The van der Waals surface area contributed by atoms with Crippen molar-refractivity contribution in [2.75, 3.05) is 25.2 Å². The van der Waals surface area contributed by atoms with E-state index in [1.54, 1.807) is 30.0 Å². The fourth-order valence-corrected chi connectivity index (χ4v) is 1.61. The molecular weight excluding hydrogens is 240 g/mol. The molecule has 1 atom stereocenters. The SMILES string of the molecule is COc1cccc(NCC(C)SC)c1[N+](=O)[O-]. The molecule has 0 spiro atoms. The Morgan fingerprint density at radius 2 is 2.29 bits per heavy atom. The molecule has 0 aliphatic carbocycles. The van der Waals surface area contributed by atoms with E-state index in [0.29, 0.717) is 17.5 Å². The molecule has 1 rings (SSSR count). The van der Waals surface area contributed by atoms with Crippen molar-refractivity contribution < 1.29 is 9.66 Å². The summed E-state index contributed by atoms with van der Waals surface area (Å²) in [6.45, 7) is 2.73. The van der Waals surface area contributed by atoms with Crippen LogP contribution in [0.2, 0.25) is 0 Å². The van der Waals surface area contributed by atoms with E-state index in [0.717, 1.165) is 0 Å². The first-order valence-electron chi connectivity index (χ1n) is 5.18. The van der Waals surface area contributed by atoms with Crippen LogP contribution in [0.3, 0.4) is 0 Å². The molecule has 17 heavy (non-hydrogen) atoms. The standard InChI is InChI=1S/C11H16N2O3S/c1-8(17-3)7-12-9-5-4-6-10(16-2)11(9)13(14)15/h4-6,8,12H,7H2,1-3H3. The van der Waals surface area contributed by atoms with Gasteiger partial charge in [-0.05, 0) is 18.4 Å². The number of para-hydroxylation sites is 1. The minimum absolute atomic E-state index is 0.0108. The second-order valence-corrected chi connectivity index (χ2v) is 4.82. The molecule has 0 fully saturated rings. The predicted octanol–water partition coefficient (Wildman–Crippen LogP) is 2.77. The van der Waals surface area contributed by atoms with E-state index >= 15 is 0 Å². The molecule has 0 amide bonds. The molecule has 0 heterocycles. The number of nitro groups is 1. The molecule has 1 aromatic carbocycles. The summed E-state index contributed by atoms with van der Waals surface area (Å²) in [5, 5.41) is 14.5. The number of nitrogens with zero attached hydrogens (tertiary/aromatic N) is 1. The topological polar surface area (TPSA) is 64.4 Å². The van der Waals surface area contributed by atoms with Gasteiger partial charge in [0.1, 0.15) is 5.69 Å². The van der Waals surface area contributed by atoms with E-state index in [9.17, 15) is 10.1 Å². The molecule has 0 aliphatic heterocycles. The molecule has 1 N–H and O–H groups in total. The molecular formula is C11H16N2O3S. The van der Waals surface area contributed by atoms with Crippen molar-refractivity contribution in [3.05, 3.63) is 28.3 Å². The Kier molecular flexibility index (Phi) is 5.09. The summed E-state index contributed by atoms with van der Waals surface area (Å²) in [6.07, 6.45) is 2.01. The number of hydrogen-bond donors (Lipinski definition) is 1. The van der Waals surface area contributed by atoms with Gasteiger partial charge in [0.25, 0.3) is 0 Å². The first-order chi connectivity index (χ1) is 8.10. The Balaban J connectivity index is 2.94. The minimum Gasteiger partial charge on any atom is -0.490 e. The van der Waals surface area contributed by atoms with Gasteiger partial charge in [-0.25, -0.2) is 0 Å². The molecule has 1 unspecified atom stereocenters. The summed E-state index contributed by atoms with van der Waals surface area (Å²) in [6, 6.07) is 5.01. The first-order valence-corrected chi connectivity index (χ1v) is 6.47. The van der Waals surface area contributed by atoms with Crippen molar-refractivity contribution in [1.82, 2.24) is 0 Å². The number of nitro benzene ring substituents is 1. The number of ether oxygens (including phenoxy) is 1. The van der Waals surface area contributed by atoms with Gasteiger partial charge in [-0.3, -0.25) is 10.1 Å². The van der Waals surface area contributed by atoms with Gasteiger partial charge in [-0.2, -0.15) is 11.8 Å². The minimum atomic E-state index is -0.426. The van der Waals surface area contributed by atoms with Crippen molar-refractivity contribution >= 4 is 23.1 Å². The highest BCUT2D eigenvalue weighted by Gasteiger charge is 2.20. The highest BCUT2D eigenvalue weighted by atomic mass is 32.2. The van der Waals surface area contributed by atoms with Crippen molar-refractivity contribution in [1.29, 1.82) is 0 Å². The van der Waals surface area contributed by atoms with Crippen LogP contribution in [-0.4, -0.2) is 30.1 Å². The van der Waals surface area contributed by atoms with Crippen molar-refractivity contribution in [2.24, 2.45) is 0 Å². The van der Waals surface area contributed by atoms with Gasteiger partial charge in [0.2, 0.25) is 0 Å². The average Bonchev–Trinajstić information content (AvgIpc) is 2.34. The van der Waals surface area contributed by atoms with E-state index in [1.807, 2.05) is 6.26 Å². The molecule has 6 heteroatoms. The Labute approximate surface area is 105 Å². The van der Waals surface area contributed by atoms with Gasteiger partial charge in [0.05, 0.1) is 12.0 Å². The Bertz CT molecular complexity index is 398. The normalized spacial score (nSPS) is 11.9. The molecule has 1 aromatic rings. The Hall–Kier alpha value is -1.43. The maximum Gasteiger partial charge on any atom is 0.333 e. The lowest BCUT2D eigenvalue weighted by Crippen LogP contribution is -2.13. The number of nitrogens with one attached hydrogen (secondary N) is 1. The summed E-state index contributed by atoms with van der Waals surface area (Å²) in [7, 11) is 1.43. The van der Waals surface area contributed by atoms with E-state index < -0.39 is 4.92 Å². The molecule has 0 radical (unpaired) electrons. The van der Waals surface area contributed by atoms with Gasteiger partial charge in [0, 0.05) is 11.8 Å². The number of rotatable bonds is 6. The van der Waals surface area contributed by atoms with Crippen LogP contribution in [0.25, 0.3) is 0 Å². The largest absolute Gasteiger partial charge is 0.490 e. The summed E-state index contributed by atoms with van der Waals surface area (Å²) in [5.74, 6) is 0.275. The summed E-state index contributed by atoms with van der Waals surface area (Å²) >= 11 is 1.70. The molecule has 94 valence electrons. The van der Waals surface area contributed by atoms with Crippen LogP contribution in [0.1, 0.15) is 6.92 Å². The van der Waals surface area contributed by atoms with E-state index in [4.69, 9.17) is 4.74 Å². The average molecular weight is 256 g/mol. The molecule has 0 aromatic heterocycles. The molecule has 0 saturated carbocycles. The molecule has 5 nitrogen and oxygen atoms in total. The van der Waals surface area contributed by atoms with Gasteiger partial charge >= 0.3 is 5.69 Å². The highest BCUT2D eigenvalue weighted by molar-refractivity contribution is 7.99. The van der Waals surface area contributed by atoms with E-state index in [1.165, 1.54) is 7.11 Å². The Morgan fingerprint density at radius 1 is 1.59 bits per heavy atom. The quantitative estimate of drug-likeness (QED) is 0.626. The van der Waals surface area contributed by atoms with Crippen molar-refractivity contribution in [3.63, 3.8) is 0 Å². The maximum absolute atomic E-state index is 11.0. The number of methoxy groups -OCH3 is 1. The molecule has 0 aliphatic rings.